The van der Waals surface area contributed by atoms with E-state index >= 15 is 0 Å². The Labute approximate surface area is 152 Å². The van der Waals surface area contributed by atoms with Crippen molar-refractivity contribution in [2.75, 3.05) is 31.3 Å². The Morgan fingerprint density at radius 1 is 1.17 bits per heavy atom. The molecule has 3 rings (SSSR count). The van der Waals surface area contributed by atoms with Gasteiger partial charge in [-0.25, -0.2) is 9.67 Å². The summed E-state index contributed by atoms with van der Waals surface area (Å²) < 4.78 is 7.51. The average molecular weight is 368 g/mol. The fourth-order valence-electron chi connectivity index (χ4n) is 2.66. The van der Waals surface area contributed by atoms with E-state index in [1.54, 1.807) is 6.92 Å². The molecule has 0 N–H and O–H groups in total. The maximum Gasteiger partial charge on any atom is 0.209 e. The molecule has 130 valence electrons. The minimum Gasteiger partial charge on any atom is -0.378 e. The van der Waals surface area contributed by atoms with Crippen LogP contribution in [0.5, 0.6) is 0 Å². The molecule has 0 unspecified atom stereocenters. The van der Waals surface area contributed by atoms with Crippen LogP contribution in [0.4, 0.5) is 5.69 Å². The molecule has 0 saturated carbocycles. The molecule has 0 radical (unpaired) electrons. The van der Waals surface area contributed by atoms with Crippen molar-refractivity contribution in [3.63, 3.8) is 0 Å². The van der Waals surface area contributed by atoms with E-state index < -0.39 is 0 Å². The molecule has 0 atom stereocenters. The number of benzene rings is 1. The highest BCUT2D eigenvalue weighted by molar-refractivity contribution is 7.11. The SMILES string of the molecule is CC(=O)c1sc(=Nc2ccc(C)cc2)n(N2CCOCC2)c1C.Cl. The first kappa shape index (κ1) is 18.7. The normalized spacial score (nSPS) is 15.3. The van der Waals surface area contributed by atoms with Gasteiger partial charge in [0.1, 0.15) is 0 Å². The van der Waals surface area contributed by atoms with Gasteiger partial charge in [-0.15, -0.1) is 12.4 Å². The summed E-state index contributed by atoms with van der Waals surface area (Å²) in [5.41, 5.74) is 3.06. The van der Waals surface area contributed by atoms with Gasteiger partial charge in [0, 0.05) is 6.92 Å². The van der Waals surface area contributed by atoms with Crippen molar-refractivity contribution in [1.82, 2.24) is 4.68 Å². The van der Waals surface area contributed by atoms with Crippen LogP contribution >= 0.6 is 23.7 Å². The minimum atomic E-state index is 0. The molecule has 2 heterocycles. The zero-order valence-corrected chi connectivity index (χ0v) is 15.7. The summed E-state index contributed by atoms with van der Waals surface area (Å²) in [6.07, 6.45) is 0. The number of carbonyl (C=O) groups excluding carboxylic acids is 1. The molecule has 0 amide bonds. The molecule has 0 spiro atoms. The summed E-state index contributed by atoms with van der Waals surface area (Å²) in [6, 6.07) is 8.09. The predicted molar refractivity (Wildman–Crippen MR) is 99.5 cm³/mol. The second-order valence-electron chi connectivity index (χ2n) is 5.68. The third kappa shape index (κ3) is 3.88. The van der Waals surface area contributed by atoms with E-state index in [9.17, 15) is 4.79 Å². The van der Waals surface area contributed by atoms with Crippen LogP contribution in [0.15, 0.2) is 29.3 Å². The number of hydrogen-bond donors (Lipinski definition) is 0. The van der Waals surface area contributed by atoms with Crippen LogP contribution in [0, 0.1) is 13.8 Å². The molecule has 1 fully saturated rings. The Bertz CT molecular complexity index is 774. The third-order valence-corrected chi connectivity index (χ3v) is 5.10. The number of morpholine rings is 1. The van der Waals surface area contributed by atoms with Crippen LogP contribution in [0.3, 0.4) is 0 Å². The highest BCUT2D eigenvalue weighted by Gasteiger charge is 2.19. The first-order valence-electron chi connectivity index (χ1n) is 7.74. The van der Waals surface area contributed by atoms with Crippen LogP contribution in [-0.2, 0) is 4.74 Å². The number of aryl methyl sites for hydroxylation is 1. The van der Waals surface area contributed by atoms with Gasteiger partial charge in [-0.3, -0.25) is 4.79 Å². The number of halogens is 1. The van der Waals surface area contributed by atoms with E-state index in [0.29, 0.717) is 13.2 Å². The lowest BCUT2D eigenvalue weighted by molar-refractivity contribution is 0.101. The average Bonchev–Trinajstić information content (AvgIpc) is 2.87. The lowest BCUT2D eigenvalue weighted by Gasteiger charge is -2.30. The van der Waals surface area contributed by atoms with Gasteiger partial charge in [0.2, 0.25) is 4.80 Å². The number of ketones is 1. The van der Waals surface area contributed by atoms with Gasteiger partial charge >= 0.3 is 0 Å². The Morgan fingerprint density at radius 2 is 1.79 bits per heavy atom. The molecule has 7 heteroatoms. The summed E-state index contributed by atoms with van der Waals surface area (Å²) in [5.74, 6) is 0.0832. The number of aromatic nitrogens is 1. The quantitative estimate of drug-likeness (QED) is 0.783. The van der Waals surface area contributed by atoms with Crippen molar-refractivity contribution in [1.29, 1.82) is 0 Å². The van der Waals surface area contributed by atoms with Crippen LogP contribution in [-0.4, -0.2) is 36.8 Å². The van der Waals surface area contributed by atoms with E-state index in [4.69, 9.17) is 9.73 Å². The second-order valence-corrected chi connectivity index (χ2v) is 6.66. The highest BCUT2D eigenvalue weighted by Crippen LogP contribution is 2.17. The van der Waals surface area contributed by atoms with E-state index in [0.717, 1.165) is 34.1 Å². The van der Waals surface area contributed by atoms with Gasteiger partial charge in [0.25, 0.3) is 0 Å². The molecule has 1 aromatic carbocycles. The number of hydrogen-bond acceptors (Lipinski definition) is 5. The monoisotopic (exact) mass is 367 g/mol. The van der Waals surface area contributed by atoms with Gasteiger partial charge < -0.3 is 9.75 Å². The second kappa shape index (κ2) is 7.96. The minimum absolute atomic E-state index is 0. The number of Topliss-reactive ketones (excluding diaryl/α,β-unsaturated/α-hetero) is 1. The molecule has 0 bridgehead atoms. The van der Waals surface area contributed by atoms with E-state index in [1.807, 2.05) is 31.2 Å². The van der Waals surface area contributed by atoms with Gasteiger partial charge in [-0.05, 0) is 26.0 Å². The van der Waals surface area contributed by atoms with E-state index in [1.165, 1.54) is 16.9 Å². The largest absolute Gasteiger partial charge is 0.378 e. The highest BCUT2D eigenvalue weighted by atomic mass is 35.5. The van der Waals surface area contributed by atoms with Gasteiger partial charge in [0.15, 0.2) is 5.78 Å². The zero-order chi connectivity index (χ0) is 16.4. The fraction of sp³-hybridized carbons (Fsp3) is 0.412. The van der Waals surface area contributed by atoms with Crippen LogP contribution in [0.1, 0.15) is 27.9 Å². The van der Waals surface area contributed by atoms with Crippen molar-refractivity contribution >= 4 is 35.2 Å². The molecule has 1 aliphatic rings. The van der Waals surface area contributed by atoms with Crippen LogP contribution < -0.4 is 9.81 Å². The standard InChI is InChI=1S/C17H21N3O2S.ClH/c1-12-4-6-15(7-5-12)18-17-20(19-8-10-22-11-9-19)13(2)16(23-17)14(3)21;/h4-7H,8-11H2,1-3H3;1H. The summed E-state index contributed by atoms with van der Waals surface area (Å²) in [7, 11) is 0. The van der Waals surface area contributed by atoms with E-state index in [2.05, 4.69) is 16.6 Å². The molecule has 0 aliphatic carbocycles. The number of thiazole rings is 1. The van der Waals surface area contributed by atoms with Crippen molar-refractivity contribution in [3.05, 3.63) is 45.2 Å². The molecule has 24 heavy (non-hydrogen) atoms. The first-order chi connectivity index (χ1) is 11.1. The van der Waals surface area contributed by atoms with Crippen LogP contribution in [0.25, 0.3) is 0 Å². The van der Waals surface area contributed by atoms with Crippen molar-refractivity contribution in [2.45, 2.75) is 20.8 Å². The zero-order valence-electron chi connectivity index (χ0n) is 14.1. The lowest BCUT2D eigenvalue weighted by atomic mass is 10.2. The van der Waals surface area contributed by atoms with Crippen molar-refractivity contribution in [3.8, 4) is 0 Å². The summed E-state index contributed by atoms with van der Waals surface area (Å²) in [5, 5.41) is 2.20. The Hall–Kier alpha value is -1.63. The first-order valence-corrected chi connectivity index (χ1v) is 8.55. The number of rotatable bonds is 3. The topological polar surface area (TPSA) is 46.8 Å². The Morgan fingerprint density at radius 3 is 2.38 bits per heavy atom. The fourth-order valence-corrected chi connectivity index (χ4v) is 3.71. The predicted octanol–water partition coefficient (Wildman–Crippen LogP) is 2.99. The molecule has 5 nitrogen and oxygen atoms in total. The molecular weight excluding hydrogens is 346 g/mol. The van der Waals surface area contributed by atoms with Gasteiger partial charge in [0.05, 0.1) is 42.6 Å². The third-order valence-electron chi connectivity index (χ3n) is 3.87. The number of nitrogens with zero attached hydrogens (tertiary/aromatic N) is 3. The number of ether oxygens (including phenoxy) is 1. The van der Waals surface area contributed by atoms with Gasteiger partial charge in [-0.2, -0.15) is 0 Å². The van der Waals surface area contributed by atoms with Crippen molar-refractivity contribution in [2.24, 2.45) is 4.99 Å². The smallest absolute Gasteiger partial charge is 0.209 e. The summed E-state index contributed by atoms with van der Waals surface area (Å²) in [4.78, 5) is 18.3. The molecule has 1 saturated heterocycles. The van der Waals surface area contributed by atoms with Gasteiger partial charge in [-0.1, -0.05) is 29.0 Å². The lowest BCUT2D eigenvalue weighted by Crippen LogP contribution is -2.48. The van der Waals surface area contributed by atoms with E-state index in [-0.39, 0.29) is 18.2 Å². The Kier molecular flexibility index (Phi) is 6.21. The molecule has 2 aromatic rings. The Balaban J connectivity index is 0.00000208. The molecule has 1 aromatic heterocycles. The summed E-state index contributed by atoms with van der Waals surface area (Å²) in [6.45, 7) is 8.64. The maximum atomic E-state index is 11.9. The van der Waals surface area contributed by atoms with Crippen molar-refractivity contribution < 1.29 is 9.53 Å². The molecular formula is C17H22ClN3O2S. The molecule has 1 aliphatic heterocycles. The summed E-state index contributed by atoms with van der Waals surface area (Å²) >= 11 is 1.45. The maximum absolute atomic E-state index is 11.9. The number of carbonyl (C=O) groups is 1. The van der Waals surface area contributed by atoms with Crippen LogP contribution in [0.2, 0.25) is 0 Å².